The first-order valence-corrected chi connectivity index (χ1v) is 9.61. The number of rotatable bonds is 5. The third-order valence-corrected chi connectivity index (χ3v) is 4.84. The van der Waals surface area contributed by atoms with Crippen LogP contribution in [0.2, 0.25) is 15.1 Å². The maximum atomic E-state index is 12.5. The number of nitrogens with one attached hydrogen (secondary N) is 1. The molecule has 0 bridgehead atoms. The molecule has 4 nitrogen and oxygen atoms in total. The molecule has 2 aromatic rings. The molecule has 0 radical (unpaired) electrons. The standard InChI is InChI=1S/C17H11Cl6NO3/c18-9-1-4-11(5-2-9)24-16(26)27-15(17(21,22)23)8-14(25)12-6-3-10(19)7-13(12)20/h1-7,15H,8H2,(H,24,26)/t15-/m0/s1. The van der Waals surface area contributed by atoms with Crippen LogP contribution >= 0.6 is 69.6 Å². The van der Waals surface area contributed by atoms with Crippen molar-refractivity contribution < 1.29 is 14.3 Å². The maximum absolute atomic E-state index is 12.5. The Morgan fingerprint density at radius 1 is 0.963 bits per heavy atom. The quantitative estimate of drug-likeness (QED) is 0.356. The molecule has 0 unspecified atom stereocenters. The van der Waals surface area contributed by atoms with Gasteiger partial charge in [-0.1, -0.05) is 69.6 Å². The zero-order valence-electron chi connectivity index (χ0n) is 13.3. The van der Waals surface area contributed by atoms with Gasteiger partial charge in [0.1, 0.15) is 0 Å². The highest BCUT2D eigenvalue weighted by Gasteiger charge is 2.38. The van der Waals surface area contributed by atoms with Crippen molar-refractivity contribution in [3.63, 3.8) is 0 Å². The Morgan fingerprint density at radius 3 is 2.11 bits per heavy atom. The van der Waals surface area contributed by atoms with E-state index in [2.05, 4.69) is 5.32 Å². The lowest BCUT2D eigenvalue weighted by Gasteiger charge is -2.24. The van der Waals surface area contributed by atoms with E-state index in [1.54, 1.807) is 24.3 Å². The van der Waals surface area contributed by atoms with E-state index < -0.39 is 28.2 Å². The minimum Gasteiger partial charge on any atom is -0.441 e. The molecule has 2 aromatic carbocycles. The van der Waals surface area contributed by atoms with E-state index in [0.717, 1.165) is 0 Å². The third-order valence-electron chi connectivity index (χ3n) is 3.31. The number of hydrogen-bond acceptors (Lipinski definition) is 3. The fourth-order valence-corrected chi connectivity index (χ4v) is 3.03. The Morgan fingerprint density at radius 2 is 1.56 bits per heavy atom. The molecule has 0 fully saturated rings. The summed E-state index contributed by atoms with van der Waals surface area (Å²) in [6.45, 7) is 0. The molecule has 0 aromatic heterocycles. The Bertz CT molecular complexity index is 836. The van der Waals surface area contributed by atoms with Crippen LogP contribution in [0.1, 0.15) is 16.8 Å². The van der Waals surface area contributed by atoms with Crippen LogP contribution in [0.4, 0.5) is 10.5 Å². The summed E-state index contributed by atoms with van der Waals surface area (Å²) >= 11 is 35.2. The number of halogens is 6. The van der Waals surface area contributed by atoms with Gasteiger partial charge in [-0.05, 0) is 42.5 Å². The average molecular weight is 490 g/mol. The van der Waals surface area contributed by atoms with E-state index in [1.165, 1.54) is 18.2 Å². The highest BCUT2D eigenvalue weighted by Crippen LogP contribution is 2.35. The lowest BCUT2D eigenvalue weighted by Crippen LogP contribution is -2.35. The van der Waals surface area contributed by atoms with Crippen LogP contribution < -0.4 is 5.32 Å². The molecular formula is C17H11Cl6NO3. The summed E-state index contributed by atoms with van der Waals surface area (Å²) < 4.78 is 3.10. The number of carbonyl (C=O) groups excluding carboxylic acids is 2. The van der Waals surface area contributed by atoms with Gasteiger partial charge in [0, 0.05) is 21.3 Å². The van der Waals surface area contributed by atoms with Crippen LogP contribution in [0.3, 0.4) is 0 Å². The van der Waals surface area contributed by atoms with Gasteiger partial charge in [0.15, 0.2) is 11.9 Å². The van der Waals surface area contributed by atoms with Crippen molar-refractivity contribution >= 4 is 87.2 Å². The first kappa shape index (κ1) is 22.4. The first-order valence-electron chi connectivity index (χ1n) is 7.34. The van der Waals surface area contributed by atoms with E-state index in [1.807, 2.05) is 0 Å². The SMILES string of the molecule is O=C(Nc1ccc(Cl)cc1)O[C@@H](CC(=O)c1ccc(Cl)cc1Cl)C(Cl)(Cl)Cl. The fraction of sp³-hybridized carbons (Fsp3) is 0.176. The summed E-state index contributed by atoms with van der Waals surface area (Å²) in [5.41, 5.74) is 0.585. The Labute approximate surface area is 185 Å². The van der Waals surface area contributed by atoms with E-state index in [4.69, 9.17) is 74.3 Å². The first-order chi connectivity index (χ1) is 12.6. The molecule has 144 valence electrons. The number of benzene rings is 2. The van der Waals surface area contributed by atoms with Gasteiger partial charge < -0.3 is 4.74 Å². The molecule has 0 saturated carbocycles. The second-order valence-corrected chi connectivity index (χ2v) is 8.97. The van der Waals surface area contributed by atoms with Crippen molar-refractivity contribution in [1.29, 1.82) is 0 Å². The molecular weight excluding hydrogens is 479 g/mol. The Balaban J connectivity index is 2.09. The zero-order chi connectivity index (χ0) is 20.2. The number of hydrogen-bond donors (Lipinski definition) is 1. The molecule has 0 aliphatic carbocycles. The van der Waals surface area contributed by atoms with Crippen molar-refractivity contribution in [2.75, 3.05) is 5.32 Å². The lowest BCUT2D eigenvalue weighted by atomic mass is 10.1. The lowest BCUT2D eigenvalue weighted by molar-refractivity contribution is 0.0812. The number of ketones is 1. The van der Waals surface area contributed by atoms with Gasteiger partial charge in [-0.2, -0.15) is 0 Å². The number of Topliss-reactive ketones (excluding diaryl/α,β-unsaturated/α-hetero) is 1. The Kier molecular flexibility index (Phi) is 7.93. The Hall–Kier alpha value is -0.880. The van der Waals surface area contributed by atoms with E-state index in [9.17, 15) is 9.59 Å². The maximum Gasteiger partial charge on any atom is 0.412 e. The minimum atomic E-state index is -2.04. The van der Waals surface area contributed by atoms with E-state index >= 15 is 0 Å². The number of ether oxygens (including phenoxy) is 1. The van der Waals surface area contributed by atoms with Crippen LogP contribution in [0.5, 0.6) is 0 Å². The van der Waals surface area contributed by atoms with Gasteiger partial charge in [0.25, 0.3) is 0 Å². The molecule has 1 N–H and O–H groups in total. The average Bonchev–Trinajstić information content (AvgIpc) is 2.55. The van der Waals surface area contributed by atoms with Gasteiger partial charge in [-0.3, -0.25) is 10.1 Å². The largest absolute Gasteiger partial charge is 0.441 e. The van der Waals surface area contributed by atoms with Gasteiger partial charge in [-0.25, -0.2) is 4.79 Å². The number of alkyl halides is 3. The summed E-state index contributed by atoms with van der Waals surface area (Å²) in [6.07, 6.45) is -2.65. The zero-order valence-corrected chi connectivity index (χ0v) is 17.9. The van der Waals surface area contributed by atoms with Crippen molar-refractivity contribution in [2.45, 2.75) is 16.3 Å². The normalized spacial score (nSPS) is 12.4. The minimum absolute atomic E-state index is 0.140. The summed E-state index contributed by atoms with van der Waals surface area (Å²) in [7, 11) is 0. The molecule has 0 heterocycles. The summed E-state index contributed by atoms with van der Waals surface area (Å²) in [5.74, 6) is -0.479. The third kappa shape index (κ3) is 6.90. The van der Waals surface area contributed by atoms with Crippen molar-refractivity contribution in [3.05, 3.63) is 63.1 Å². The van der Waals surface area contributed by atoms with Gasteiger partial charge in [0.2, 0.25) is 3.79 Å². The number of anilines is 1. The second-order valence-electron chi connectivity index (χ2n) is 5.32. The molecule has 2 rings (SSSR count). The van der Waals surface area contributed by atoms with Gasteiger partial charge >= 0.3 is 6.09 Å². The molecule has 10 heteroatoms. The van der Waals surface area contributed by atoms with Crippen molar-refractivity contribution in [2.24, 2.45) is 0 Å². The van der Waals surface area contributed by atoms with Crippen LogP contribution in [0.15, 0.2) is 42.5 Å². The molecule has 0 aliphatic rings. The van der Waals surface area contributed by atoms with Crippen molar-refractivity contribution in [3.8, 4) is 0 Å². The predicted molar refractivity (Wildman–Crippen MR) is 111 cm³/mol. The fourth-order valence-electron chi connectivity index (χ4n) is 2.03. The van der Waals surface area contributed by atoms with Crippen LogP contribution in [0.25, 0.3) is 0 Å². The summed E-state index contributed by atoms with van der Waals surface area (Å²) in [5, 5.41) is 3.46. The van der Waals surface area contributed by atoms with Crippen LogP contribution in [-0.4, -0.2) is 21.8 Å². The van der Waals surface area contributed by atoms with E-state index in [-0.39, 0.29) is 10.6 Å². The molecule has 27 heavy (non-hydrogen) atoms. The molecule has 0 spiro atoms. The second kappa shape index (κ2) is 9.55. The van der Waals surface area contributed by atoms with Gasteiger partial charge in [0.05, 0.1) is 11.4 Å². The highest BCUT2D eigenvalue weighted by atomic mass is 35.6. The van der Waals surface area contributed by atoms with Crippen LogP contribution in [0, 0.1) is 0 Å². The predicted octanol–water partition coefficient (Wildman–Crippen LogP) is 7.21. The van der Waals surface area contributed by atoms with Crippen molar-refractivity contribution in [1.82, 2.24) is 0 Å². The number of carbonyl (C=O) groups is 2. The molecule has 0 aliphatic heterocycles. The van der Waals surface area contributed by atoms with E-state index in [0.29, 0.717) is 15.7 Å². The van der Waals surface area contributed by atoms with Gasteiger partial charge in [-0.15, -0.1) is 0 Å². The smallest absolute Gasteiger partial charge is 0.412 e. The molecule has 0 saturated heterocycles. The molecule has 1 amide bonds. The summed E-state index contributed by atoms with van der Waals surface area (Å²) in [6, 6.07) is 10.6. The van der Waals surface area contributed by atoms with Crippen LogP contribution in [-0.2, 0) is 4.74 Å². The highest BCUT2D eigenvalue weighted by molar-refractivity contribution is 6.68. The number of amides is 1. The molecule has 1 atom stereocenters. The summed E-state index contributed by atoms with van der Waals surface area (Å²) in [4.78, 5) is 24.6. The monoisotopic (exact) mass is 487 g/mol. The topological polar surface area (TPSA) is 55.4 Å².